The Morgan fingerprint density at radius 2 is 1.45 bits per heavy atom. The Bertz CT molecular complexity index is 122. The van der Waals surface area contributed by atoms with Gasteiger partial charge < -0.3 is 5.73 Å². The minimum absolute atomic E-state index is 0. The molecule has 0 radical (unpaired) electrons. The molecule has 0 aromatic heterocycles. The summed E-state index contributed by atoms with van der Waals surface area (Å²) in [6, 6.07) is 0. The van der Waals surface area contributed by atoms with Crippen molar-refractivity contribution < 1.29 is 21.1 Å². The van der Waals surface area contributed by atoms with Gasteiger partial charge in [0.25, 0.3) is 0 Å². The quantitative estimate of drug-likeness (QED) is 0.526. The number of halogens is 4. The fraction of sp³-hybridized carbons (Fsp3) is 1.00. The predicted octanol–water partition coefficient (Wildman–Crippen LogP) is 1.60. The first-order valence-electron chi connectivity index (χ1n) is 2.43. The molecule has 0 aromatic carbocycles. The van der Waals surface area contributed by atoms with E-state index in [-0.39, 0.29) is 21.1 Å². The van der Waals surface area contributed by atoms with Gasteiger partial charge in [0.1, 0.15) is 4.84 Å². The summed E-state index contributed by atoms with van der Waals surface area (Å²) in [4.78, 5) is -0.910. The normalized spacial score (nSPS) is 17.5. The van der Waals surface area contributed by atoms with Crippen LogP contribution in [0.25, 0.3) is 0 Å². The molecule has 0 aliphatic heterocycles. The van der Waals surface area contributed by atoms with E-state index in [0.717, 1.165) is 0 Å². The maximum absolute atomic E-state index is 5.48. The van der Waals surface area contributed by atoms with Crippen LogP contribution in [-0.4, -0.2) is 14.8 Å². The summed E-state index contributed by atoms with van der Waals surface area (Å²) in [5.74, 6) is 0. The summed E-state index contributed by atoms with van der Waals surface area (Å²) in [6.07, 6.45) is 0. The fourth-order valence-corrected chi connectivity index (χ4v) is 0.931. The smallest absolute Gasteiger partial charge is 0.186 e. The Hall–Kier alpha value is 1.77. The second-order valence-corrected chi connectivity index (χ2v) is 4.69. The second kappa shape index (κ2) is 4.85. The van der Waals surface area contributed by atoms with Crippen molar-refractivity contribution in [1.29, 1.82) is 0 Å². The molecule has 0 bridgehead atoms. The van der Waals surface area contributed by atoms with Gasteiger partial charge in [-0.25, -0.2) is 0 Å². The molecule has 0 saturated heterocycles. The van der Waals surface area contributed by atoms with Crippen molar-refractivity contribution >= 4 is 46.4 Å². The summed E-state index contributed by atoms with van der Waals surface area (Å²) < 4.78 is -1.62. The molecule has 4 N–H and O–H groups in total. The standard InChI is InChI=1S/C4H8Cl4N2.Pt/c1-3(9,2(5)6)4(7,8)10;/h2H,9-10H2,1H3;. The van der Waals surface area contributed by atoms with Gasteiger partial charge in [-0.15, -0.1) is 23.2 Å². The third-order valence-electron chi connectivity index (χ3n) is 1.17. The van der Waals surface area contributed by atoms with Crippen molar-refractivity contribution in [2.45, 2.75) is 21.8 Å². The zero-order valence-electron chi connectivity index (χ0n) is 5.56. The van der Waals surface area contributed by atoms with E-state index in [1.54, 1.807) is 0 Å². The van der Waals surface area contributed by atoms with Gasteiger partial charge in [0.2, 0.25) is 0 Å². The summed E-state index contributed by atoms with van der Waals surface area (Å²) in [7, 11) is 0. The Kier molecular flexibility index (Phi) is 6.73. The van der Waals surface area contributed by atoms with E-state index >= 15 is 0 Å². The van der Waals surface area contributed by atoms with Gasteiger partial charge in [-0.1, -0.05) is 23.2 Å². The molecule has 0 saturated carbocycles. The van der Waals surface area contributed by atoms with E-state index in [9.17, 15) is 0 Å². The van der Waals surface area contributed by atoms with Crippen LogP contribution in [0.5, 0.6) is 0 Å². The van der Waals surface area contributed by atoms with Gasteiger partial charge in [-0.05, 0) is 6.92 Å². The van der Waals surface area contributed by atoms with Crippen molar-refractivity contribution in [3.05, 3.63) is 0 Å². The predicted molar refractivity (Wildman–Crippen MR) is 46.7 cm³/mol. The molecule has 11 heavy (non-hydrogen) atoms. The topological polar surface area (TPSA) is 52.0 Å². The van der Waals surface area contributed by atoms with Crippen LogP contribution in [0.15, 0.2) is 0 Å². The molecule has 0 spiro atoms. The van der Waals surface area contributed by atoms with Crippen molar-refractivity contribution in [2.75, 3.05) is 0 Å². The van der Waals surface area contributed by atoms with Crippen LogP contribution < -0.4 is 11.5 Å². The number of rotatable bonds is 2. The van der Waals surface area contributed by atoms with Gasteiger partial charge in [0.05, 0.1) is 5.54 Å². The zero-order valence-corrected chi connectivity index (χ0v) is 10.9. The molecule has 0 aliphatic carbocycles. The number of hydrogen-bond donors (Lipinski definition) is 2. The van der Waals surface area contributed by atoms with Crippen molar-refractivity contribution in [3.63, 3.8) is 0 Å². The Morgan fingerprint density at radius 1 is 1.18 bits per heavy atom. The molecule has 7 heteroatoms. The van der Waals surface area contributed by atoms with Crippen LogP contribution in [0.1, 0.15) is 6.92 Å². The number of alkyl halides is 4. The molecular formula is C4H8Cl4N2Pt. The van der Waals surface area contributed by atoms with E-state index in [1.807, 2.05) is 0 Å². The minimum Gasteiger partial charge on any atom is -0.319 e. The van der Waals surface area contributed by atoms with Crippen LogP contribution in [0.4, 0.5) is 0 Å². The molecule has 0 rings (SSSR count). The SMILES string of the molecule is CC(N)(C(Cl)Cl)C(N)(Cl)Cl.[Pt]. The minimum atomic E-state index is -1.62. The van der Waals surface area contributed by atoms with Crippen LogP contribution in [0, 0.1) is 0 Å². The average molecular weight is 421 g/mol. The first-order valence-corrected chi connectivity index (χ1v) is 4.06. The van der Waals surface area contributed by atoms with E-state index in [2.05, 4.69) is 0 Å². The summed E-state index contributed by atoms with van der Waals surface area (Å²) in [5.41, 5.74) is 9.51. The van der Waals surface area contributed by atoms with Gasteiger partial charge >= 0.3 is 0 Å². The molecular weight excluding hydrogens is 413 g/mol. The fourth-order valence-electron chi connectivity index (χ4n) is 0.145. The van der Waals surface area contributed by atoms with E-state index < -0.39 is 14.8 Å². The number of nitrogens with two attached hydrogens (primary N) is 2. The molecule has 0 heterocycles. The third kappa shape index (κ3) is 3.99. The van der Waals surface area contributed by atoms with Crippen LogP contribution >= 0.6 is 46.4 Å². The van der Waals surface area contributed by atoms with Crippen LogP contribution in [0.3, 0.4) is 0 Å². The molecule has 72 valence electrons. The largest absolute Gasteiger partial charge is 0.319 e. The molecule has 0 aliphatic rings. The second-order valence-electron chi connectivity index (χ2n) is 2.21. The Labute approximate surface area is 100 Å². The van der Waals surface area contributed by atoms with Crippen molar-refractivity contribution in [1.82, 2.24) is 0 Å². The van der Waals surface area contributed by atoms with E-state index in [0.29, 0.717) is 0 Å². The Balaban J connectivity index is 0. The van der Waals surface area contributed by atoms with E-state index in [4.69, 9.17) is 57.9 Å². The van der Waals surface area contributed by atoms with Gasteiger partial charge in [0.15, 0.2) is 4.46 Å². The van der Waals surface area contributed by atoms with Gasteiger partial charge in [0, 0.05) is 21.1 Å². The molecule has 1 atom stereocenters. The Morgan fingerprint density at radius 3 is 1.45 bits per heavy atom. The summed E-state index contributed by atoms with van der Waals surface area (Å²) in [6.45, 7) is 1.47. The van der Waals surface area contributed by atoms with Gasteiger partial charge in [-0.3, -0.25) is 5.73 Å². The molecule has 1 unspecified atom stereocenters. The average Bonchev–Trinajstić information content (AvgIpc) is 1.62. The van der Waals surface area contributed by atoms with E-state index in [1.165, 1.54) is 6.92 Å². The molecule has 2 nitrogen and oxygen atoms in total. The molecule has 0 fully saturated rings. The van der Waals surface area contributed by atoms with Crippen molar-refractivity contribution in [2.24, 2.45) is 11.5 Å². The third-order valence-corrected chi connectivity index (χ3v) is 2.89. The van der Waals surface area contributed by atoms with Crippen LogP contribution in [-0.2, 0) is 21.1 Å². The van der Waals surface area contributed by atoms with Crippen LogP contribution in [0.2, 0.25) is 0 Å². The first-order chi connectivity index (χ1) is 4.19. The molecule has 0 aromatic rings. The summed E-state index contributed by atoms with van der Waals surface area (Å²) in [5, 5.41) is 0. The maximum Gasteiger partial charge on any atom is 0.186 e. The van der Waals surface area contributed by atoms with Gasteiger partial charge in [-0.2, -0.15) is 0 Å². The van der Waals surface area contributed by atoms with Crippen molar-refractivity contribution in [3.8, 4) is 0 Å². The number of hydrogen-bond acceptors (Lipinski definition) is 2. The zero-order chi connectivity index (χ0) is 8.58. The maximum atomic E-state index is 5.48. The first kappa shape index (κ1) is 15.2. The summed E-state index contributed by atoms with van der Waals surface area (Å²) >= 11 is 21.8. The monoisotopic (exact) mass is 419 g/mol. The molecule has 0 amide bonds.